The second-order valence-corrected chi connectivity index (χ2v) is 4.35. The minimum atomic E-state index is -0.425. The number of methoxy groups -OCH3 is 2. The highest BCUT2D eigenvalue weighted by molar-refractivity contribution is 6.11. The quantitative estimate of drug-likeness (QED) is 0.618. The van der Waals surface area contributed by atoms with Crippen LogP contribution in [0, 0.1) is 0 Å². The Bertz CT molecular complexity index is 198. The average molecular weight is 214 g/mol. The largest absolute Gasteiger partial charge is 0.382 e. The monoisotopic (exact) mass is 214 g/mol. The van der Waals surface area contributed by atoms with Crippen LogP contribution in [0.4, 0.5) is 0 Å². The molecule has 1 fully saturated rings. The van der Waals surface area contributed by atoms with E-state index < -0.39 is 6.00 Å². The minimum absolute atomic E-state index is 0.101. The zero-order chi connectivity index (χ0) is 11.5. The summed E-state index contributed by atoms with van der Waals surface area (Å²) in [5.74, 6) is 0. The molecule has 0 aromatic heterocycles. The average Bonchev–Trinajstić information content (AvgIpc) is 2.47. The predicted molar refractivity (Wildman–Crippen MR) is 57.1 cm³/mol. The Kier molecular flexibility index (Phi) is 4.58. The zero-order valence-electron chi connectivity index (χ0n) is 9.86. The third-order valence-electron chi connectivity index (χ3n) is 2.39. The van der Waals surface area contributed by atoms with Gasteiger partial charge in [0.05, 0.1) is 18.8 Å². The number of hydrogen-bond donors (Lipinski definition) is 0. The molecule has 15 heavy (non-hydrogen) atoms. The number of rotatable bonds is 5. The maximum Gasteiger partial charge on any atom is 0.112 e. The molecule has 0 bridgehead atoms. The van der Waals surface area contributed by atoms with Crippen LogP contribution in [0.25, 0.3) is 0 Å². The first-order valence-electron chi connectivity index (χ1n) is 5.07. The molecule has 0 amide bonds. The van der Waals surface area contributed by atoms with Crippen molar-refractivity contribution < 1.29 is 18.9 Å². The molecule has 0 aromatic rings. The molecule has 0 aliphatic carbocycles. The second kappa shape index (κ2) is 5.30. The molecule has 3 atom stereocenters. The first kappa shape index (κ1) is 13.0. The normalized spacial score (nSPS) is 32.1. The van der Waals surface area contributed by atoms with Gasteiger partial charge in [-0.15, -0.1) is 0 Å². The van der Waals surface area contributed by atoms with E-state index in [0.29, 0.717) is 13.2 Å². The highest BCUT2D eigenvalue weighted by Gasteiger charge is 2.38. The molecule has 0 spiro atoms. The molecule has 2 radical (unpaired) electrons. The van der Waals surface area contributed by atoms with E-state index in [-0.39, 0.29) is 17.8 Å². The van der Waals surface area contributed by atoms with Crippen LogP contribution >= 0.6 is 0 Å². The molecule has 0 N–H and O–H groups in total. The fraction of sp³-hybridized carbons (Fsp3) is 1.00. The lowest BCUT2D eigenvalue weighted by molar-refractivity contribution is -0.137. The maximum atomic E-state index is 5.85. The summed E-state index contributed by atoms with van der Waals surface area (Å²) >= 11 is 0. The highest BCUT2D eigenvalue weighted by atomic mass is 16.6. The van der Waals surface area contributed by atoms with Gasteiger partial charge >= 0.3 is 0 Å². The van der Waals surface area contributed by atoms with Gasteiger partial charge in [0.25, 0.3) is 0 Å². The van der Waals surface area contributed by atoms with Gasteiger partial charge in [-0.25, -0.2) is 0 Å². The van der Waals surface area contributed by atoms with Gasteiger partial charge in [-0.05, 0) is 13.8 Å². The van der Waals surface area contributed by atoms with Gasteiger partial charge in [0.15, 0.2) is 0 Å². The summed E-state index contributed by atoms with van der Waals surface area (Å²) in [5, 5.41) is 0. The lowest BCUT2D eigenvalue weighted by atomic mass is 9.93. The van der Waals surface area contributed by atoms with E-state index in [2.05, 4.69) is 0 Å². The van der Waals surface area contributed by atoms with Gasteiger partial charge in [-0.3, -0.25) is 0 Å². The third-order valence-corrected chi connectivity index (χ3v) is 2.39. The van der Waals surface area contributed by atoms with E-state index in [4.69, 9.17) is 26.8 Å². The number of ether oxygens (including phenoxy) is 4. The van der Waals surface area contributed by atoms with Crippen molar-refractivity contribution in [1.29, 1.82) is 0 Å². The summed E-state index contributed by atoms with van der Waals surface area (Å²) in [5.41, 5.74) is -0.387. The minimum Gasteiger partial charge on any atom is -0.382 e. The molecule has 1 heterocycles. The summed E-state index contributed by atoms with van der Waals surface area (Å²) < 4.78 is 21.5. The number of hydrogen-bond acceptors (Lipinski definition) is 4. The molecule has 5 heteroatoms. The van der Waals surface area contributed by atoms with E-state index in [9.17, 15) is 0 Å². The molecule has 1 aliphatic heterocycles. The Labute approximate surface area is 92.6 Å². The fourth-order valence-electron chi connectivity index (χ4n) is 1.70. The first-order chi connectivity index (χ1) is 7.00. The lowest BCUT2D eigenvalue weighted by Gasteiger charge is -2.31. The Morgan fingerprint density at radius 1 is 1.40 bits per heavy atom. The van der Waals surface area contributed by atoms with Crippen LogP contribution < -0.4 is 0 Å². The van der Waals surface area contributed by atoms with Gasteiger partial charge in [-0.1, -0.05) is 0 Å². The van der Waals surface area contributed by atoms with Crippen molar-refractivity contribution >= 4 is 7.85 Å². The third kappa shape index (κ3) is 3.45. The van der Waals surface area contributed by atoms with E-state index >= 15 is 0 Å². The molecule has 0 saturated carbocycles. The fourth-order valence-corrected chi connectivity index (χ4v) is 1.70. The van der Waals surface area contributed by atoms with Gasteiger partial charge in [0.1, 0.15) is 20.1 Å². The predicted octanol–water partition coefficient (Wildman–Crippen LogP) is 0.336. The Morgan fingerprint density at radius 3 is 2.60 bits per heavy atom. The molecular weight excluding hydrogens is 195 g/mol. The van der Waals surface area contributed by atoms with E-state index in [0.717, 1.165) is 0 Å². The maximum absolute atomic E-state index is 5.85. The SMILES string of the molecule is [B][C@@H]1OCC(OC)[C@@H]1OC(C)(C)COC. The van der Waals surface area contributed by atoms with Crippen LogP contribution in [0.3, 0.4) is 0 Å². The van der Waals surface area contributed by atoms with Crippen molar-refractivity contribution in [3.63, 3.8) is 0 Å². The van der Waals surface area contributed by atoms with E-state index in [1.807, 2.05) is 13.8 Å². The smallest absolute Gasteiger partial charge is 0.112 e. The Hall–Kier alpha value is -0.0951. The molecular formula is C10H19BO4. The summed E-state index contributed by atoms with van der Waals surface area (Å²) in [6, 6.07) is -0.425. The van der Waals surface area contributed by atoms with Crippen LogP contribution in [-0.4, -0.2) is 59.1 Å². The lowest BCUT2D eigenvalue weighted by Crippen LogP contribution is -2.43. The van der Waals surface area contributed by atoms with Gasteiger partial charge in [0.2, 0.25) is 0 Å². The van der Waals surface area contributed by atoms with Crippen LogP contribution in [0.15, 0.2) is 0 Å². The van der Waals surface area contributed by atoms with Crippen molar-refractivity contribution in [1.82, 2.24) is 0 Å². The summed E-state index contributed by atoms with van der Waals surface area (Å²) in [6.45, 7) is 4.89. The first-order valence-corrected chi connectivity index (χ1v) is 5.07. The zero-order valence-corrected chi connectivity index (χ0v) is 9.86. The molecule has 4 nitrogen and oxygen atoms in total. The topological polar surface area (TPSA) is 36.9 Å². The van der Waals surface area contributed by atoms with Crippen molar-refractivity contribution in [3.05, 3.63) is 0 Å². The molecule has 1 saturated heterocycles. The Balaban J connectivity index is 2.54. The summed E-state index contributed by atoms with van der Waals surface area (Å²) in [6.07, 6.45) is -0.337. The Morgan fingerprint density at radius 2 is 2.07 bits per heavy atom. The molecule has 0 aromatic carbocycles. The molecule has 1 aliphatic rings. The van der Waals surface area contributed by atoms with Gasteiger partial charge in [-0.2, -0.15) is 0 Å². The van der Waals surface area contributed by atoms with Gasteiger partial charge in [0, 0.05) is 20.2 Å². The molecule has 1 rings (SSSR count). The summed E-state index contributed by atoms with van der Waals surface area (Å²) in [7, 11) is 9.05. The van der Waals surface area contributed by atoms with Gasteiger partial charge < -0.3 is 18.9 Å². The van der Waals surface area contributed by atoms with Crippen molar-refractivity contribution in [2.75, 3.05) is 27.4 Å². The standard InChI is InChI=1S/C10H19BO4/c1-10(2,6-12-3)15-8-7(13-4)5-14-9(8)11/h7-9H,5-6H2,1-4H3/t7?,8-,9+/m0/s1. The van der Waals surface area contributed by atoms with Crippen LogP contribution in [0.1, 0.15) is 13.8 Å². The van der Waals surface area contributed by atoms with E-state index in [1.54, 1.807) is 14.2 Å². The van der Waals surface area contributed by atoms with Crippen molar-refractivity contribution in [2.45, 2.75) is 37.7 Å². The molecule has 1 unspecified atom stereocenters. The van der Waals surface area contributed by atoms with Crippen LogP contribution in [0.2, 0.25) is 0 Å². The van der Waals surface area contributed by atoms with E-state index in [1.165, 1.54) is 0 Å². The second-order valence-electron chi connectivity index (χ2n) is 4.35. The van der Waals surface area contributed by atoms with Crippen molar-refractivity contribution in [3.8, 4) is 0 Å². The van der Waals surface area contributed by atoms with Crippen molar-refractivity contribution in [2.24, 2.45) is 0 Å². The molecule has 86 valence electrons. The van der Waals surface area contributed by atoms with Crippen LogP contribution in [0.5, 0.6) is 0 Å². The summed E-state index contributed by atoms with van der Waals surface area (Å²) in [4.78, 5) is 0. The van der Waals surface area contributed by atoms with Crippen LogP contribution in [-0.2, 0) is 18.9 Å². The highest BCUT2D eigenvalue weighted by Crippen LogP contribution is 2.23.